The van der Waals surface area contributed by atoms with E-state index in [2.05, 4.69) is 21.3 Å². The Morgan fingerprint density at radius 3 is 1.72 bits per heavy atom. The summed E-state index contributed by atoms with van der Waals surface area (Å²) in [6, 6.07) is 0. The standard InChI is InChI=1S/C8H12N2O2.C8H14O5/c11-7-9-5-3-1-2-4-6-10-8-12;1-2-7(12)13-6-8(3-9,4-10)5-11/h1-6H2;2,9-11H,1,3-6H2. The third kappa shape index (κ3) is 15.1. The molecule has 0 aromatic rings. The molecule has 0 amide bonds. The van der Waals surface area contributed by atoms with Gasteiger partial charge in [0.1, 0.15) is 6.61 Å². The van der Waals surface area contributed by atoms with Crippen molar-refractivity contribution in [2.24, 2.45) is 15.4 Å². The molecule has 0 aliphatic carbocycles. The Kier molecular flexibility index (Phi) is 18.3. The fourth-order valence-corrected chi connectivity index (χ4v) is 1.40. The highest BCUT2D eigenvalue weighted by atomic mass is 16.5. The fraction of sp³-hybridized carbons (Fsp3) is 0.688. The summed E-state index contributed by atoms with van der Waals surface area (Å²) in [7, 11) is 0. The molecule has 0 saturated heterocycles. The smallest absolute Gasteiger partial charge is 0.330 e. The summed E-state index contributed by atoms with van der Waals surface area (Å²) >= 11 is 0. The number of nitrogens with zero attached hydrogens (tertiary/aromatic N) is 2. The third-order valence-corrected chi connectivity index (χ3v) is 3.11. The number of aliphatic hydroxyl groups is 3. The lowest BCUT2D eigenvalue weighted by Gasteiger charge is -2.26. The number of carbonyl (C=O) groups excluding carboxylic acids is 3. The molecule has 0 heterocycles. The Hall–Kier alpha value is -2.15. The molecule has 0 spiro atoms. The van der Waals surface area contributed by atoms with Crippen LogP contribution in [0.15, 0.2) is 22.6 Å². The second kappa shape index (κ2) is 18.2. The molecular weight excluding hydrogens is 332 g/mol. The van der Waals surface area contributed by atoms with E-state index in [9.17, 15) is 14.4 Å². The van der Waals surface area contributed by atoms with Gasteiger partial charge in [-0.15, -0.1) is 0 Å². The summed E-state index contributed by atoms with van der Waals surface area (Å²) in [4.78, 5) is 36.7. The van der Waals surface area contributed by atoms with E-state index in [0.717, 1.165) is 31.8 Å². The molecule has 0 bridgehead atoms. The topological polar surface area (TPSA) is 146 Å². The molecule has 0 saturated carbocycles. The second-order valence-electron chi connectivity index (χ2n) is 5.15. The molecular formula is C16H26N2O7. The van der Waals surface area contributed by atoms with Gasteiger partial charge in [-0.3, -0.25) is 0 Å². The van der Waals surface area contributed by atoms with Gasteiger partial charge in [0.2, 0.25) is 12.2 Å². The Labute approximate surface area is 146 Å². The molecule has 25 heavy (non-hydrogen) atoms. The van der Waals surface area contributed by atoms with Gasteiger partial charge < -0.3 is 20.1 Å². The molecule has 0 fully saturated rings. The number of isocyanates is 2. The van der Waals surface area contributed by atoms with Gasteiger partial charge in [0, 0.05) is 6.08 Å². The molecule has 0 aromatic heterocycles. The lowest BCUT2D eigenvalue weighted by atomic mass is 9.93. The van der Waals surface area contributed by atoms with Crippen LogP contribution in [-0.2, 0) is 19.1 Å². The number of esters is 1. The predicted molar refractivity (Wildman–Crippen MR) is 89.3 cm³/mol. The summed E-state index contributed by atoms with van der Waals surface area (Å²) in [6.45, 7) is 2.69. The maximum atomic E-state index is 10.6. The van der Waals surface area contributed by atoms with Crippen LogP contribution >= 0.6 is 0 Å². The Balaban J connectivity index is 0. The van der Waals surface area contributed by atoms with Crippen molar-refractivity contribution in [2.75, 3.05) is 39.5 Å². The monoisotopic (exact) mass is 358 g/mol. The van der Waals surface area contributed by atoms with E-state index in [4.69, 9.17) is 15.3 Å². The molecule has 9 heteroatoms. The number of rotatable bonds is 13. The van der Waals surface area contributed by atoms with E-state index in [0.29, 0.717) is 13.1 Å². The van der Waals surface area contributed by atoms with Crippen LogP contribution in [0.25, 0.3) is 0 Å². The first-order valence-electron chi connectivity index (χ1n) is 7.74. The van der Waals surface area contributed by atoms with Gasteiger partial charge in [0.15, 0.2) is 0 Å². The van der Waals surface area contributed by atoms with E-state index in [1.807, 2.05) is 0 Å². The van der Waals surface area contributed by atoms with Crippen molar-refractivity contribution in [1.29, 1.82) is 0 Å². The molecule has 0 aromatic carbocycles. The van der Waals surface area contributed by atoms with Crippen LogP contribution in [0.2, 0.25) is 0 Å². The van der Waals surface area contributed by atoms with E-state index < -0.39 is 31.2 Å². The second-order valence-corrected chi connectivity index (χ2v) is 5.15. The highest BCUT2D eigenvalue weighted by Gasteiger charge is 2.29. The van der Waals surface area contributed by atoms with E-state index in [1.165, 1.54) is 12.2 Å². The minimum atomic E-state index is -1.17. The van der Waals surface area contributed by atoms with Crippen molar-refractivity contribution in [2.45, 2.75) is 25.7 Å². The minimum Gasteiger partial charge on any atom is -0.462 e. The number of carbonyl (C=O) groups is 1. The highest BCUT2D eigenvalue weighted by molar-refractivity contribution is 5.81. The SMILES string of the molecule is C=CC(=O)OCC(CO)(CO)CO.O=C=NCCCCCCN=C=O. The summed E-state index contributed by atoms with van der Waals surface area (Å²) in [6.07, 6.45) is 7.77. The zero-order chi connectivity index (χ0) is 19.4. The first-order valence-corrected chi connectivity index (χ1v) is 7.74. The minimum absolute atomic E-state index is 0.235. The van der Waals surface area contributed by atoms with Crippen molar-refractivity contribution in [3.63, 3.8) is 0 Å². The van der Waals surface area contributed by atoms with Gasteiger partial charge in [-0.05, 0) is 12.8 Å². The molecule has 3 N–H and O–H groups in total. The van der Waals surface area contributed by atoms with Crippen molar-refractivity contribution in [1.82, 2.24) is 0 Å². The maximum Gasteiger partial charge on any atom is 0.330 e. The van der Waals surface area contributed by atoms with Crippen LogP contribution in [0.4, 0.5) is 0 Å². The largest absolute Gasteiger partial charge is 0.462 e. The van der Waals surface area contributed by atoms with Crippen molar-refractivity contribution in [3.05, 3.63) is 12.7 Å². The average Bonchev–Trinajstić information content (AvgIpc) is 2.66. The van der Waals surface area contributed by atoms with Crippen LogP contribution in [0.5, 0.6) is 0 Å². The van der Waals surface area contributed by atoms with Gasteiger partial charge in [-0.1, -0.05) is 19.4 Å². The summed E-state index contributed by atoms with van der Waals surface area (Å²) in [5.74, 6) is -0.653. The average molecular weight is 358 g/mol. The molecule has 0 radical (unpaired) electrons. The van der Waals surface area contributed by atoms with Gasteiger partial charge in [-0.2, -0.15) is 0 Å². The number of hydrogen-bond acceptors (Lipinski definition) is 9. The van der Waals surface area contributed by atoms with Crippen LogP contribution in [-0.4, -0.2) is 73.0 Å². The van der Waals surface area contributed by atoms with E-state index in [-0.39, 0.29) is 6.61 Å². The Morgan fingerprint density at radius 2 is 1.40 bits per heavy atom. The van der Waals surface area contributed by atoms with Crippen LogP contribution in [0.1, 0.15) is 25.7 Å². The lowest BCUT2D eigenvalue weighted by molar-refractivity contribution is -0.145. The number of aliphatic imine (C=N–C) groups is 2. The van der Waals surface area contributed by atoms with E-state index >= 15 is 0 Å². The molecule has 0 aliphatic heterocycles. The Morgan fingerprint density at radius 1 is 0.960 bits per heavy atom. The van der Waals surface area contributed by atoms with Crippen molar-refractivity contribution in [3.8, 4) is 0 Å². The Bertz CT molecular complexity index is 421. The van der Waals surface area contributed by atoms with E-state index in [1.54, 1.807) is 0 Å². The van der Waals surface area contributed by atoms with Crippen LogP contribution in [0.3, 0.4) is 0 Å². The first-order chi connectivity index (χ1) is 12.1. The molecule has 0 atom stereocenters. The van der Waals surface area contributed by atoms with Crippen molar-refractivity contribution < 1.29 is 34.4 Å². The molecule has 142 valence electrons. The van der Waals surface area contributed by atoms with Crippen molar-refractivity contribution >= 4 is 18.1 Å². The first kappa shape index (κ1) is 25.1. The summed E-state index contributed by atoms with van der Waals surface area (Å²) in [5, 5.41) is 26.5. The quantitative estimate of drug-likeness (QED) is 0.137. The maximum absolute atomic E-state index is 10.6. The zero-order valence-corrected chi connectivity index (χ0v) is 14.2. The third-order valence-electron chi connectivity index (χ3n) is 3.11. The molecule has 0 rings (SSSR count). The normalized spacial score (nSPS) is 9.72. The molecule has 9 nitrogen and oxygen atoms in total. The number of hydrogen-bond donors (Lipinski definition) is 3. The lowest BCUT2D eigenvalue weighted by Crippen LogP contribution is -2.39. The fourth-order valence-electron chi connectivity index (χ4n) is 1.40. The predicted octanol–water partition coefficient (Wildman–Crippen LogP) is -0.103. The highest BCUT2D eigenvalue weighted by Crippen LogP contribution is 2.14. The van der Waals surface area contributed by atoms with Gasteiger partial charge in [0.25, 0.3) is 0 Å². The van der Waals surface area contributed by atoms with Gasteiger partial charge in [-0.25, -0.2) is 24.4 Å². The summed E-state index contributed by atoms with van der Waals surface area (Å²) in [5.41, 5.74) is -1.17. The number of unbranched alkanes of at least 4 members (excludes halogenated alkanes) is 3. The summed E-state index contributed by atoms with van der Waals surface area (Å²) < 4.78 is 4.59. The molecule has 0 aliphatic rings. The van der Waals surface area contributed by atoms with Gasteiger partial charge >= 0.3 is 5.97 Å². The zero-order valence-electron chi connectivity index (χ0n) is 14.2. The molecule has 0 unspecified atom stereocenters. The van der Waals surface area contributed by atoms with Gasteiger partial charge in [0.05, 0.1) is 38.3 Å². The number of ether oxygens (including phenoxy) is 1. The van der Waals surface area contributed by atoms with Crippen LogP contribution in [0, 0.1) is 5.41 Å². The number of aliphatic hydroxyl groups excluding tert-OH is 3. The van der Waals surface area contributed by atoms with Crippen LogP contribution < -0.4 is 0 Å².